The summed E-state index contributed by atoms with van der Waals surface area (Å²) in [7, 11) is -9.18. The highest BCUT2D eigenvalue weighted by Gasteiger charge is 2.56. The lowest BCUT2D eigenvalue weighted by atomic mass is 9.84. The van der Waals surface area contributed by atoms with Gasteiger partial charge in [-0.3, -0.25) is 4.79 Å². The number of nitrogens with one attached hydrogen (secondary N) is 1. The van der Waals surface area contributed by atoms with Crippen LogP contribution < -0.4 is 24.1 Å². The molecule has 3 aromatic carbocycles. The third-order valence-electron chi connectivity index (χ3n) is 12.9. The predicted molar refractivity (Wildman–Crippen MR) is 290 cm³/mol. The number of nitrogens with zero attached hydrogens (tertiary/aromatic N) is 2. The summed E-state index contributed by atoms with van der Waals surface area (Å²) >= 11 is 3.34. The maximum atomic E-state index is 13.2. The molecule has 78 heavy (non-hydrogen) atoms. The number of carboxylic acid groups (broad SMARTS) is 2. The zero-order valence-electron chi connectivity index (χ0n) is 41.7. The molecule has 5 aromatic rings. The highest BCUT2D eigenvalue weighted by molar-refractivity contribution is 9.10. The van der Waals surface area contributed by atoms with Crippen LogP contribution in [0.1, 0.15) is 132 Å². The standard InChI is InChI=1S/C19H19FN2O4S.C14H16O3.C11H11BrO3.C5H5FN2O2S.C3H7BO2.2CH4/c1-12-5-8-14(13-6-7-13)15(11-12)26-19(9-10-19)18(23)22-27(24,25)17-4-2-3-16(20)21-17;1-9-2-5-11(10-3-4-10)12(8-9)17-14(6-7-14)13(15)16;1-7-2-3-8(12)9(6-7)15-11(4-5-11)10(13)14;6-4-2-1-3-5(8-4)11(7,9)10;5-4(6)3-1-2-3;;/h2-5,8,11,13H,6-7,9-10H2,1H3,(H,22,23);2,5,8,10H,3-4,6-7H2,1H3,(H,15,16);2-3,6H,4-5H2,1H3,(H,13,14);1-3H,(H2,7,9,10);3,5-6H,1-2H2;2*1H4. The zero-order valence-corrected chi connectivity index (χ0v) is 45.0. The number of hydrogen-bond donors (Lipinski definition) is 6. The van der Waals surface area contributed by atoms with Gasteiger partial charge in [-0.2, -0.15) is 17.2 Å². The van der Waals surface area contributed by atoms with Gasteiger partial charge in [0, 0.05) is 38.5 Å². The number of aliphatic carboxylic acids is 2. The Morgan fingerprint density at radius 3 is 1.35 bits per heavy atom. The van der Waals surface area contributed by atoms with Crippen molar-refractivity contribution >= 4 is 60.9 Å². The van der Waals surface area contributed by atoms with Crippen molar-refractivity contribution in [2.45, 2.75) is 157 Å². The number of nitrogens with two attached hydrogens (primary N) is 1. The third-order valence-corrected chi connectivity index (χ3v) is 15.6. The first-order valence-electron chi connectivity index (χ1n) is 24.5. The van der Waals surface area contributed by atoms with E-state index in [2.05, 4.69) is 43.2 Å². The maximum Gasteiger partial charge on any atom is 0.454 e. The first-order chi connectivity index (χ1) is 35.7. The van der Waals surface area contributed by atoms with Gasteiger partial charge in [-0.05, 0) is 156 Å². The van der Waals surface area contributed by atoms with Gasteiger partial charge in [0.25, 0.3) is 26.0 Å². The number of benzene rings is 3. The Morgan fingerprint density at radius 2 is 1.00 bits per heavy atom. The lowest BCUT2D eigenvalue weighted by Crippen LogP contribution is -2.43. The van der Waals surface area contributed by atoms with Crippen LogP contribution in [0, 0.1) is 32.7 Å². The number of carbonyl (C=O) groups excluding carboxylic acids is 1. The summed E-state index contributed by atoms with van der Waals surface area (Å²) in [6.07, 6.45) is 9.81. The van der Waals surface area contributed by atoms with Crippen LogP contribution in [-0.4, -0.2) is 88.8 Å². The zero-order chi connectivity index (χ0) is 55.4. The van der Waals surface area contributed by atoms with Crippen molar-refractivity contribution < 1.29 is 74.5 Å². The van der Waals surface area contributed by atoms with Crippen LogP contribution in [0.3, 0.4) is 0 Å². The molecular weight excluding hydrogens is 1120 g/mol. The molecule has 6 aliphatic carbocycles. The van der Waals surface area contributed by atoms with Gasteiger partial charge in [0.05, 0.1) is 4.47 Å². The largest absolute Gasteiger partial charge is 0.478 e. The molecule has 0 aliphatic heterocycles. The summed E-state index contributed by atoms with van der Waals surface area (Å²) in [6, 6.07) is 24.4. The molecule has 6 fully saturated rings. The van der Waals surface area contributed by atoms with Crippen molar-refractivity contribution in [2.24, 2.45) is 5.14 Å². The molecule has 0 unspecified atom stereocenters. The molecule has 0 spiro atoms. The second-order valence-electron chi connectivity index (χ2n) is 19.8. The molecule has 6 aliphatic rings. The summed E-state index contributed by atoms with van der Waals surface area (Å²) in [6.45, 7) is 5.88. The molecule has 18 nitrogen and oxygen atoms in total. The molecule has 1 amide bonds. The number of amides is 1. The number of aromatic nitrogens is 2. The Kier molecular flexibility index (Phi) is 20.4. The van der Waals surface area contributed by atoms with Crippen LogP contribution in [0.2, 0.25) is 5.82 Å². The van der Waals surface area contributed by atoms with Crippen molar-refractivity contribution in [3.63, 3.8) is 0 Å². The second-order valence-corrected chi connectivity index (χ2v) is 23.8. The lowest BCUT2D eigenvalue weighted by Gasteiger charge is -2.20. The molecule has 0 atom stereocenters. The van der Waals surface area contributed by atoms with E-state index in [1.165, 1.54) is 30.5 Å². The Balaban J connectivity index is 0.000000191. The maximum absolute atomic E-state index is 13.2. The van der Waals surface area contributed by atoms with Gasteiger partial charge in [-0.15, -0.1) is 0 Å². The van der Waals surface area contributed by atoms with Crippen molar-refractivity contribution in [2.75, 3.05) is 0 Å². The minimum atomic E-state index is -4.27. The average molecular weight is 1190 g/mol. The SMILES string of the molecule is C.C.Cc1ccc(Br)c(OC2(C(=O)O)CC2)c1.Cc1ccc(C2CC2)c(OC2(C(=O)NS(=O)(=O)c3cccc(F)n3)CC2)c1.Cc1ccc(C2CC2)c(OC2(C(=O)O)CC2)c1.NS(=O)(=O)c1cccc(F)n1.OB(O)C1CC1. The molecule has 0 bridgehead atoms. The van der Waals surface area contributed by atoms with Crippen LogP contribution in [0.4, 0.5) is 8.78 Å². The first-order valence-corrected chi connectivity index (χ1v) is 28.3. The molecular formula is C54H66BBrF2N4O14S2. The van der Waals surface area contributed by atoms with Gasteiger partial charge >= 0.3 is 19.1 Å². The number of ether oxygens (including phenoxy) is 3. The number of primary sulfonamides is 1. The molecule has 2 aromatic heterocycles. The molecule has 422 valence electrons. The Bertz CT molecular complexity index is 3200. The van der Waals surface area contributed by atoms with Gasteiger partial charge in [0.1, 0.15) is 17.2 Å². The highest BCUT2D eigenvalue weighted by Crippen LogP contribution is 2.50. The van der Waals surface area contributed by atoms with Gasteiger partial charge in [0.15, 0.2) is 15.7 Å². The summed E-state index contributed by atoms with van der Waals surface area (Å²) < 4.78 is 91.4. The smallest absolute Gasteiger partial charge is 0.454 e. The van der Waals surface area contributed by atoms with E-state index in [0.29, 0.717) is 61.9 Å². The fourth-order valence-corrected chi connectivity index (χ4v) is 9.24. The Morgan fingerprint density at radius 1 is 0.615 bits per heavy atom. The van der Waals surface area contributed by atoms with Crippen LogP contribution in [0.15, 0.2) is 106 Å². The summed E-state index contributed by atoms with van der Waals surface area (Å²) in [5.74, 6) is -1.02. The highest BCUT2D eigenvalue weighted by atomic mass is 79.9. The van der Waals surface area contributed by atoms with E-state index in [1.807, 2.05) is 68.0 Å². The average Bonchev–Trinajstić information content (AvgIpc) is 4.13. The Hall–Kier alpha value is -6.05. The molecule has 0 radical (unpaired) electrons. The van der Waals surface area contributed by atoms with Crippen molar-refractivity contribution in [3.8, 4) is 17.2 Å². The van der Waals surface area contributed by atoms with E-state index < -0.39 is 83.8 Å². The molecule has 6 saturated carbocycles. The molecule has 11 rings (SSSR count). The van der Waals surface area contributed by atoms with Crippen LogP contribution in [0.5, 0.6) is 17.2 Å². The third kappa shape index (κ3) is 17.2. The number of carboxylic acids is 2. The number of halogens is 3. The molecule has 2 heterocycles. The topological polar surface area (TPSA) is 292 Å². The fraction of sp³-hybridized carbons (Fsp3) is 0.426. The minimum absolute atomic E-state index is 0. The number of sulfonamides is 2. The number of rotatable bonds is 15. The number of hydrogen-bond acceptors (Lipinski definition) is 14. The second kappa shape index (κ2) is 25.4. The van der Waals surface area contributed by atoms with Gasteiger partial charge in [0.2, 0.25) is 23.1 Å². The summed E-state index contributed by atoms with van der Waals surface area (Å²) in [5, 5.41) is 38.3. The van der Waals surface area contributed by atoms with Crippen molar-refractivity contribution in [3.05, 3.63) is 135 Å². The van der Waals surface area contributed by atoms with Gasteiger partial charge in [-0.25, -0.2) is 37.8 Å². The van der Waals surface area contributed by atoms with E-state index in [-0.39, 0.29) is 20.7 Å². The minimum Gasteiger partial charge on any atom is -0.478 e. The van der Waals surface area contributed by atoms with E-state index in [9.17, 15) is 40.0 Å². The van der Waals surface area contributed by atoms with Crippen molar-refractivity contribution in [1.29, 1.82) is 0 Å². The van der Waals surface area contributed by atoms with Crippen LogP contribution >= 0.6 is 15.9 Å². The van der Waals surface area contributed by atoms with Crippen LogP contribution in [-0.2, 0) is 34.4 Å². The normalized spacial score (nSPS) is 17.3. The lowest BCUT2D eigenvalue weighted by molar-refractivity contribution is -0.148. The summed E-state index contributed by atoms with van der Waals surface area (Å²) in [4.78, 5) is 41.1. The molecule has 24 heteroatoms. The van der Waals surface area contributed by atoms with E-state index in [0.717, 1.165) is 82.4 Å². The van der Waals surface area contributed by atoms with Crippen molar-refractivity contribution in [1.82, 2.24) is 14.7 Å². The Labute approximate surface area is 462 Å². The predicted octanol–water partition coefficient (Wildman–Crippen LogP) is 9.21. The van der Waals surface area contributed by atoms with Gasteiger partial charge < -0.3 is 34.5 Å². The quantitative estimate of drug-likeness (QED) is 0.0420. The number of pyridine rings is 2. The van der Waals surface area contributed by atoms with Crippen LogP contribution in [0.25, 0.3) is 0 Å². The van der Waals surface area contributed by atoms with E-state index in [4.69, 9.17) is 34.5 Å². The number of aryl methyl sites for hydroxylation is 3. The summed E-state index contributed by atoms with van der Waals surface area (Å²) in [5.41, 5.74) is 2.28. The monoisotopic (exact) mass is 1190 g/mol. The van der Waals surface area contributed by atoms with E-state index in [1.54, 1.807) is 0 Å². The molecule has 7 N–H and O–H groups in total. The fourth-order valence-electron chi connectivity index (χ4n) is 7.43. The number of carbonyl (C=O) groups is 3. The van der Waals surface area contributed by atoms with E-state index >= 15 is 0 Å². The van der Waals surface area contributed by atoms with Gasteiger partial charge in [-0.1, -0.05) is 70.2 Å². The first kappa shape index (κ1) is 62.8. The molecule has 0 saturated heterocycles.